The minimum absolute atomic E-state index is 0.0857. The second kappa shape index (κ2) is 6.26. The van der Waals surface area contributed by atoms with Crippen LogP contribution in [0.3, 0.4) is 0 Å². The third-order valence-electron chi connectivity index (χ3n) is 2.83. The van der Waals surface area contributed by atoms with E-state index < -0.39 is 23.6 Å². The fourth-order valence-corrected chi connectivity index (χ4v) is 1.78. The largest absolute Gasteiger partial charge is 0.468 e. The van der Waals surface area contributed by atoms with E-state index in [2.05, 4.69) is 4.74 Å². The lowest BCUT2D eigenvalue weighted by Gasteiger charge is -2.18. The van der Waals surface area contributed by atoms with Gasteiger partial charge in [0.1, 0.15) is 6.04 Å². The average Bonchev–Trinajstić information content (AvgIpc) is 2.37. The molecule has 0 fully saturated rings. The molecule has 0 saturated heterocycles. The molecule has 1 unspecified atom stereocenters. The van der Waals surface area contributed by atoms with E-state index in [9.17, 15) is 14.4 Å². The highest BCUT2D eigenvalue weighted by Gasteiger charge is 2.21. The van der Waals surface area contributed by atoms with E-state index in [1.54, 1.807) is 18.2 Å². The van der Waals surface area contributed by atoms with Crippen molar-refractivity contribution in [3.63, 3.8) is 0 Å². The second-order valence-corrected chi connectivity index (χ2v) is 4.27. The van der Waals surface area contributed by atoms with Crippen LogP contribution in [0.1, 0.15) is 19.8 Å². The summed E-state index contributed by atoms with van der Waals surface area (Å²) in [7, 11) is 1.29. The summed E-state index contributed by atoms with van der Waals surface area (Å²) < 4.78 is 4.54. The summed E-state index contributed by atoms with van der Waals surface area (Å²) in [6.45, 7) is 1.25. The molecule has 1 aliphatic carbocycles. The smallest absolute Gasteiger partial charge is 0.322 e. The Hall–Kier alpha value is -1.75. The highest BCUT2D eigenvalue weighted by molar-refractivity contribution is 6.43. The Labute approximate surface area is 106 Å². The Morgan fingerprint density at radius 1 is 1.50 bits per heavy atom. The normalized spacial score (nSPS) is 19.9. The second-order valence-electron chi connectivity index (χ2n) is 4.27. The summed E-state index contributed by atoms with van der Waals surface area (Å²) in [5, 5.41) is 0. The number of carbonyl (C=O) groups excluding carboxylic acids is 3. The molecule has 1 rings (SSSR count). The first-order valence-corrected chi connectivity index (χ1v) is 5.72. The Bertz CT molecular complexity index is 423. The number of hydrogen-bond donors (Lipinski definition) is 1. The highest BCUT2D eigenvalue weighted by atomic mass is 16.5. The molecule has 5 nitrogen and oxygen atoms in total. The van der Waals surface area contributed by atoms with Crippen LogP contribution in [0.15, 0.2) is 23.8 Å². The van der Waals surface area contributed by atoms with Gasteiger partial charge in [-0.25, -0.2) is 0 Å². The van der Waals surface area contributed by atoms with E-state index >= 15 is 0 Å². The van der Waals surface area contributed by atoms with Gasteiger partial charge >= 0.3 is 5.97 Å². The van der Waals surface area contributed by atoms with Gasteiger partial charge in [-0.3, -0.25) is 14.4 Å². The summed E-state index contributed by atoms with van der Waals surface area (Å²) in [6, 6.07) is -0.664. The Morgan fingerprint density at radius 3 is 2.61 bits per heavy atom. The molecule has 18 heavy (non-hydrogen) atoms. The number of Topliss-reactive ketones (excluding diaryl/α,β-unsaturated/α-hetero) is 2. The number of ketones is 2. The summed E-state index contributed by atoms with van der Waals surface area (Å²) >= 11 is 0. The van der Waals surface area contributed by atoms with Gasteiger partial charge in [0.25, 0.3) is 0 Å². The number of rotatable bonds is 5. The van der Waals surface area contributed by atoms with E-state index in [-0.39, 0.29) is 5.92 Å². The third kappa shape index (κ3) is 3.63. The molecule has 98 valence electrons. The van der Waals surface area contributed by atoms with E-state index in [4.69, 9.17) is 5.73 Å². The average molecular weight is 251 g/mol. The predicted molar refractivity (Wildman–Crippen MR) is 65.6 cm³/mol. The molecule has 0 saturated carbocycles. The Balaban J connectivity index is 2.55. The lowest BCUT2D eigenvalue weighted by molar-refractivity contribution is -0.142. The van der Waals surface area contributed by atoms with E-state index in [1.165, 1.54) is 14.0 Å². The lowest BCUT2D eigenvalue weighted by Crippen LogP contribution is -2.33. The number of allylic oxidation sites excluding steroid dienone is 4. The quantitative estimate of drug-likeness (QED) is 0.569. The van der Waals surface area contributed by atoms with Crippen LogP contribution in [0.2, 0.25) is 0 Å². The lowest BCUT2D eigenvalue weighted by atomic mass is 9.89. The molecule has 0 aromatic rings. The van der Waals surface area contributed by atoms with Gasteiger partial charge in [0.15, 0.2) is 5.78 Å². The van der Waals surface area contributed by atoms with Crippen molar-refractivity contribution >= 4 is 17.5 Å². The molecule has 0 spiro atoms. The maximum atomic E-state index is 11.4. The number of hydrogen-bond acceptors (Lipinski definition) is 5. The van der Waals surface area contributed by atoms with Crippen molar-refractivity contribution in [3.8, 4) is 0 Å². The number of ether oxygens (including phenoxy) is 1. The highest BCUT2D eigenvalue weighted by Crippen LogP contribution is 2.21. The molecule has 0 heterocycles. The zero-order valence-electron chi connectivity index (χ0n) is 10.5. The Morgan fingerprint density at radius 2 is 2.17 bits per heavy atom. The predicted octanol–water partition coefficient (Wildman–Crippen LogP) is 0.537. The van der Waals surface area contributed by atoms with Crippen molar-refractivity contribution in [2.75, 3.05) is 7.11 Å². The van der Waals surface area contributed by atoms with Crippen molar-refractivity contribution in [2.24, 2.45) is 11.7 Å². The molecule has 2 N–H and O–H groups in total. The summed E-state index contributed by atoms with van der Waals surface area (Å²) in [4.78, 5) is 33.5. The van der Waals surface area contributed by atoms with Gasteiger partial charge < -0.3 is 10.5 Å². The fraction of sp³-hybridized carbons (Fsp3) is 0.462. The SMILES string of the molecule is COC(=O)[C@@H](N)CC1C=CC(C(=O)C(C)=O)=CC1. The molecule has 5 heteroatoms. The first-order valence-electron chi connectivity index (χ1n) is 5.72. The van der Waals surface area contributed by atoms with Crippen LogP contribution < -0.4 is 5.73 Å². The summed E-state index contributed by atoms with van der Waals surface area (Å²) in [5.41, 5.74) is 6.06. The molecule has 0 amide bonds. The number of carbonyl (C=O) groups is 3. The van der Waals surface area contributed by atoms with E-state index in [1.807, 2.05) is 0 Å². The van der Waals surface area contributed by atoms with Gasteiger partial charge in [0, 0.05) is 12.5 Å². The van der Waals surface area contributed by atoms with Crippen LogP contribution in [0.5, 0.6) is 0 Å². The van der Waals surface area contributed by atoms with Crippen molar-refractivity contribution in [2.45, 2.75) is 25.8 Å². The third-order valence-corrected chi connectivity index (χ3v) is 2.83. The van der Waals surface area contributed by atoms with Crippen molar-refractivity contribution in [3.05, 3.63) is 23.8 Å². The van der Waals surface area contributed by atoms with Crippen molar-refractivity contribution in [1.82, 2.24) is 0 Å². The molecular weight excluding hydrogens is 234 g/mol. The van der Waals surface area contributed by atoms with Crippen LogP contribution in [0.25, 0.3) is 0 Å². The maximum Gasteiger partial charge on any atom is 0.322 e. The molecular formula is C13H17NO4. The zero-order valence-corrected chi connectivity index (χ0v) is 10.5. The monoisotopic (exact) mass is 251 g/mol. The molecule has 0 radical (unpaired) electrons. The van der Waals surface area contributed by atoms with Gasteiger partial charge in [-0.2, -0.15) is 0 Å². The van der Waals surface area contributed by atoms with Crippen LogP contribution in [-0.4, -0.2) is 30.7 Å². The number of methoxy groups -OCH3 is 1. The van der Waals surface area contributed by atoms with Gasteiger partial charge in [-0.1, -0.05) is 18.2 Å². The molecule has 0 aliphatic heterocycles. The maximum absolute atomic E-state index is 11.4. The minimum Gasteiger partial charge on any atom is -0.468 e. The molecule has 0 aromatic carbocycles. The standard InChI is InChI=1S/C13H17NO4/c1-8(15)12(16)10-5-3-9(4-6-10)7-11(14)13(17)18-2/h3,5-6,9,11H,4,7,14H2,1-2H3/t9?,11-/m0/s1. The van der Waals surface area contributed by atoms with E-state index in [0.717, 1.165) is 0 Å². The molecule has 2 atom stereocenters. The number of nitrogens with two attached hydrogens (primary N) is 1. The van der Waals surface area contributed by atoms with Gasteiger partial charge in [0.05, 0.1) is 7.11 Å². The Kier molecular flexibility index (Phi) is 4.97. The van der Waals surface area contributed by atoms with Crippen LogP contribution >= 0.6 is 0 Å². The molecule has 1 aliphatic rings. The van der Waals surface area contributed by atoms with Crippen LogP contribution in [0, 0.1) is 5.92 Å². The van der Waals surface area contributed by atoms with E-state index in [0.29, 0.717) is 18.4 Å². The first kappa shape index (κ1) is 14.3. The first-order chi connectivity index (χ1) is 8.45. The van der Waals surface area contributed by atoms with Crippen LogP contribution in [-0.2, 0) is 19.1 Å². The fourth-order valence-electron chi connectivity index (χ4n) is 1.78. The van der Waals surface area contributed by atoms with Gasteiger partial charge in [-0.05, 0) is 18.8 Å². The van der Waals surface area contributed by atoms with Gasteiger partial charge in [0.2, 0.25) is 5.78 Å². The topological polar surface area (TPSA) is 86.5 Å². The molecule has 0 bridgehead atoms. The summed E-state index contributed by atoms with van der Waals surface area (Å²) in [5.74, 6) is -1.32. The zero-order chi connectivity index (χ0) is 13.7. The van der Waals surface area contributed by atoms with Gasteiger partial charge in [-0.15, -0.1) is 0 Å². The summed E-state index contributed by atoms with van der Waals surface area (Å²) in [6.07, 6.45) is 6.18. The van der Waals surface area contributed by atoms with Crippen molar-refractivity contribution < 1.29 is 19.1 Å². The van der Waals surface area contributed by atoms with Crippen LogP contribution in [0.4, 0.5) is 0 Å². The molecule has 0 aromatic heterocycles. The van der Waals surface area contributed by atoms with Crippen molar-refractivity contribution in [1.29, 1.82) is 0 Å². The number of esters is 1. The minimum atomic E-state index is -0.664.